The maximum Gasteiger partial charge on any atom is 0.275 e. The zero-order valence-electron chi connectivity index (χ0n) is 16.0. The minimum atomic E-state index is -0.477. The molecule has 3 rings (SSSR count). The Morgan fingerprint density at radius 2 is 1.68 bits per heavy atom. The summed E-state index contributed by atoms with van der Waals surface area (Å²) in [5.41, 5.74) is 4.19. The molecule has 0 aliphatic carbocycles. The van der Waals surface area contributed by atoms with E-state index in [-0.39, 0.29) is 11.3 Å². The summed E-state index contributed by atoms with van der Waals surface area (Å²) in [4.78, 5) is 12.6. The molecule has 0 saturated heterocycles. The van der Waals surface area contributed by atoms with E-state index in [2.05, 4.69) is 10.5 Å². The number of carbonyl (C=O) groups excluding carboxylic acids is 1. The van der Waals surface area contributed by atoms with Crippen LogP contribution < -0.4 is 14.9 Å². The highest BCUT2D eigenvalue weighted by molar-refractivity contribution is 6.04. The number of nitrogens with zero attached hydrogens (tertiary/aromatic N) is 1. The molecule has 6 nitrogen and oxygen atoms in total. The fourth-order valence-electron chi connectivity index (χ4n) is 2.95. The predicted molar refractivity (Wildman–Crippen MR) is 109 cm³/mol. The van der Waals surface area contributed by atoms with Gasteiger partial charge >= 0.3 is 0 Å². The summed E-state index contributed by atoms with van der Waals surface area (Å²) in [6, 6.07) is 16.2. The molecule has 0 heterocycles. The Bertz CT molecular complexity index is 1040. The van der Waals surface area contributed by atoms with E-state index in [0.29, 0.717) is 23.6 Å². The summed E-state index contributed by atoms with van der Waals surface area (Å²) in [6.07, 6.45) is 0.597. The van der Waals surface area contributed by atoms with Crippen LogP contribution in [0.2, 0.25) is 0 Å². The number of ether oxygens (including phenoxy) is 2. The number of methoxy groups -OCH3 is 2. The second-order valence-electron chi connectivity index (χ2n) is 6.14. The molecule has 0 unspecified atom stereocenters. The van der Waals surface area contributed by atoms with Crippen LogP contribution in [-0.4, -0.2) is 30.9 Å². The number of hydrogen-bond donors (Lipinski definition) is 2. The number of rotatable bonds is 6. The molecule has 0 spiro atoms. The highest BCUT2D eigenvalue weighted by atomic mass is 16.5. The van der Waals surface area contributed by atoms with Gasteiger partial charge in [0.25, 0.3) is 5.91 Å². The Morgan fingerprint density at radius 1 is 1.00 bits per heavy atom. The molecular formula is C22H22N2O4. The van der Waals surface area contributed by atoms with Gasteiger partial charge in [0.05, 0.1) is 25.5 Å². The van der Waals surface area contributed by atoms with E-state index in [0.717, 1.165) is 16.3 Å². The number of carbonyl (C=O) groups is 1. The van der Waals surface area contributed by atoms with Gasteiger partial charge in [0.15, 0.2) is 11.5 Å². The van der Waals surface area contributed by atoms with Gasteiger partial charge in [-0.2, -0.15) is 5.10 Å². The number of amides is 1. The van der Waals surface area contributed by atoms with Crippen LogP contribution >= 0.6 is 0 Å². The molecule has 0 fully saturated rings. The van der Waals surface area contributed by atoms with Gasteiger partial charge in [0, 0.05) is 5.56 Å². The number of phenolic OH excluding ortho intramolecular Hbond substituents is 1. The van der Waals surface area contributed by atoms with Crippen LogP contribution in [0.1, 0.15) is 29.3 Å². The average Bonchev–Trinajstić information content (AvgIpc) is 2.73. The third kappa shape index (κ3) is 3.91. The van der Waals surface area contributed by atoms with Crippen molar-refractivity contribution in [3.8, 4) is 17.2 Å². The average molecular weight is 378 g/mol. The molecule has 0 aliphatic rings. The second kappa shape index (κ2) is 8.43. The molecule has 0 aliphatic heterocycles. The molecule has 0 radical (unpaired) electrons. The van der Waals surface area contributed by atoms with Gasteiger partial charge in [-0.3, -0.25) is 4.79 Å². The smallest absolute Gasteiger partial charge is 0.275 e. The van der Waals surface area contributed by atoms with Crippen molar-refractivity contribution >= 4 is 22.4 Å². The molecule has 0 saturated carbocycles. The number of benzene rings is 3. The topological polar surface area (TPSA) is 80.2 Å². The van der Waals surface area contributed by atoms with Crippen LogP contribution in [0, 0.1) is 0 Å². The fraction of sp³-hybridized carbons (Fsp3) is 0.182. The first kappa shape index (κ1) is 19.2. The Hall–Kier alpha value is -3.54. The van der Waals surface area contributed by atoms with Gasteiger partial charge in [-0.1, -0.05) is 31.2 Å². The molecule has 3 aromatic carbocycles. The summed E-state index contributed by atoms with van der Waals surface area (Å²) in [7, 11) is 3.14. The highest BCUT2D eigenvalue weighted by Gasteiger charge is 2.13. The molecule has 0 atom stereocenters. The number of hydrazone groups is 1. The lowest BCUT2D eigenvalue weighted by Gasteiger charge is -2.11. The molecule has 0 aromatic heterocycles. The normalized spacial score (nSPS) is 11.3. The van der Waals surface area contributed by atoms with Gasteiger partial charge < -0.3 is 14.6 Å². The lowest BCUT2D eigenvalue weighted by molar-refractivity contribution is 0.0952. The van der Waals surface area contributed by atoms with Crippen LogP contribution in [-0.2, 0) is 0 Å². The van der Waals surface area contributed by atoms with Crippen molar-refractivity contribution in [3.63, 3.8) is 0 Å². The van der Waals surface area contributed by atoms with E-state index in [1.807, 2.05) is 37.3 Å². The van der Waals surface area contributed by atoms with Crippen molar-refractivity contribution in [2.24, 2.45) is 5.10 Å². The van der Waals surface area contributed by atoms with Crippen LogP contribution in [0.4, 0.5) is 0 Å². The van der Waals surface area contributed by atoms with Gasteiger partial charge in [-0.05, 0) is 47.5 Å². The van der Waals surface area contributed by atoms with E-state index in [9.17, 15) is 9.90 Å². The summed E-state index contributed by atoms with van der Waals surface area (Å²) in [5.74, 6) is 0.636. The summed E-state index contributed by atoms with van der Waals surface area (Å²) in [5, 5.41) is 16.2. The summed E-state index contributed by atoms with van der Waals surface area (Å²) in [6.45, 7) is 1.94. The van der Waals surface area contributed by atoms with E-state index < -0.39 is 5.91 Å². The Balaban J connectivity index is 1.87. The minimum Gasteiger partial charge on any atom is -0.507 e. The fourth-order valence-corrected chi connectivity index (χ4v) is 2.95. The number of nitrogens with one attached hydrogen (secondary N) is 1. The van der Waals surface area contributed by atoms with E-state index in [4.69, 9.17) is 9.47 Å². The van der Waals surface area contributed by atoms with Crippen molar-refractivity contribution in [2.45, 2.75) is 13.3 Å². The van der Waals surface area contributed by atoms with Gasteiger partial charge in [0.1, 0.15) is 5.75 Å². The van der Waals surface area contributed by atoms with Gasteiger partial charge in [-0.15, -0.1) is 0 Å². The van der Waals surface area contributed by atoms with Crippen molar-refractivity contribution in [1.82, 2.24) is 5.43 Å². The Labute approximate surface area is 163 Å². The second-order valence-corrected chi connectivity index (χ2v) is 6.14. The van der Waals surface area contributed by atoms with Crippen LogP contribution in [0.25, 0.3) is 10.8 Å². The summed E-state index contributed by atoms with van der Waals surface area (Å²) < 4.78 is 10.6. The monoisotopic (exact) mass is 378 g/mol. The third-order valence-corrected chi connectivity index (χ3v) is 4.45. The van der Waals surface area contributed by atoms with E-state index in [1.54, 1.807) is 38.5 Å². The van der Waals surface area contributed by atoms with Crippen LogP contribution in [0.15, 0.2) is 59.7 Å². The lowest BCUT2D eigenvalue weighted by atomic mass is 10.1. The van der Waals surface area contributed by atoms with Crippen molar-refractivity contribution in [1.29, 1.82) is 0 Å². The maximum absolute atomic E-state index is 12.6. The van der Waals surface area contributed by atoms with Gasteiger partial charge in [-0.25, -0.2) is 5.43 Å². The van der Waals surface area contributed by atoms with E-state index in [1.165, 1.54) is 0 Å². The Morgan fingerprint density at radius 3 is 2.32 bits per heavy atom. The standard InChI is InChI=1S/C22H22N2O4/c1-4-18(16-9-10-20(27-2)21(13-16)28-3)23-24-22(26)17-11-14-7-5-6-8-15(14)12-19(17)25/h5-13,25H,4H2,1-3H3,(H,24,26)/b23-18-. The lowest BCUT2D eigenvalue weighted by Crippen LogP contribution is -2.20. The van der Waals surface area contributed by atoms with Crippen LogP contribution in [0.5, 0.6) is 17.2 Å². The highest BCUT2D eigenvalue weighted by Crippen LogP contribution is 2.28. The van der Waals surface area contributed by atoms with Crippen molar-refractivity contribution in [2.75, 3.05) is 14.2 Å². The minimum absolute atomic E-state index is 0.0874. The largest absolute Gasteiger partial charge is 0.507 e. The number of phenols is 1. The quantitative estimate of drug-likeness (QED) is 0.500. The van der Waals surface area contributed by atoms with Crippen molar-refractivity contribution in [3.05, 3.63) is 65.7 Å². The first-order chi connectivity index (χ1) is 13.6. The predicted octanol–water partition coefficient (Wildman–Crippen LogP) is 4.11. The maximum atomic E-state index is 12.6. The molecule has 144 valence electrons. The third-order valence-electron chi connectivity index (χ3n) is 4.45. The Kier molecular flexibility index (Phi) is 5.79. The van der Waals surface area contributed by atoms with Crippen LogP contribution in [0.3, 0.4) is 0 Å². The zero-order chi connectivity index (χ0) is 20.1. The molecular weight excluding hydrogens is 356 g/mol. The molecule has 2 N–H and O–H groups in total. The number of fused-ring (bicyclic) bond motifs is 1. The molecule has 6 heteroatoms. The number of hydrogen-bond acceptors (Lipinski definition) is 5. The van der Waals surface area contributed by atoms with Gasteiger partial charge in [0.2, 0.25) is 0 Å². The molecule has 1 amide bonds. The molecule has 28 heavy (non-hydrogen) atoms. The number of aromatic hydroxyl groups is 1. The van der Waals surface area contributed by atoms with E-state index >= 15 is 0 Å². The SMILES string of the molecule is CC/C(=N/NC(=O)c1cc2ccccc2cc1O)c1ccc(OC)c(OC)c1. The first-order valence-corrected chi connectivity index (χ1v) is 8.88. The zero-order valence-corrected chi connectivity index (χ0v) is 16.0. The molecule has 0 bridgehead atoms. The first-order valence-electron chi connectivity index (χ1n) is 8.88. The van der Waals surface area contributed by atoms with Crippen molar-refractivity contribution < 1.29 is 19.4 Å². The molecule has 3 aromatic rings. The summed E-state index contributed by atoms with van der Waals surface area (Å²) >= 11 is 0.